The first-order valence-electron chi connectivity index (χ1n) is 9.58. The number of carbonyl (C=O) groups is 1. The summed E-state index contributed by atoms with van der Waals surface area (Å²) in [6.45, 7) is 6.35. The van der Waals surface area contributed by atoms with Crippen molar-refractivity contribution < 1.29 is 13.6 Å². The van der Waals surface area contributed by atoms with Gasteiger partial charge in [-0.05, 0) is 51.1 Å². The van der Waals surface area contributed by atoms with Crippen LogP contribution in [0.25, 0.3) is 17.3 Å². The van der Waals surface area contributed by atoms with Crippen LogP contribution in [0.15, 0.2) is 58.3 Å². The van der Waals surface area contributed by atoms with E-state index in [-0.39, 0.29) is 17.4 Å². The molecule has 0 saturated carbocycles. The van der Waals surface area contributed by atoms with Crippen LogP contribution < -0.4 is 0 Å². The number of aromatic nitrogens is 4. The average Bonchev–Trinajstić information content (AvgIpc) is 3.46. The number of hydrogen-bond donors (Lipinski definition) is 0. The zero-order valence-corrected chi connectivity index (χ0v) is 17.7. The molecule has 4 aromatic rings. The Balaban J connectivity index is 1.56. The van der Waals surface area contributed by atoms with E-state index in [0.717, 1.165) is 11.4 Å². The summed E-state index contributed by atoms with van der Waals surface area (Å²) >= 11 is 1.33. The van der Waals surface area contributed by atoms with Crippen molar-refractivity contribution in [3.8, 4) is 17.3 Å². The maximum absolute atomic E-state index is 14.3. The van der Waals surface area contributed by atoms with Gasteiger partial charge < -0.3 is 8.98 Å². The van der Waals surface area contributed by atoms with Crippen molar-refractivity contribution in [2.45, 2.75) is 32.5 Å². The van der Waals surface area contributed by atoms with Crippen molar-refractivity contribution in [1.82, 2.24) is 19.3 Å². The number of hydrogen-bond acceptors (Lipinski definition) is 5. The van der Waals surface area contributed by atoms with Crippen LogP contribution in [0, 0.1) is 19.7 Å². The van der Waals surface area contributed by atoms with E-state index >= 15 is 0 Å². The Kier molecular flexibility index (Phi) is 5.59. The van der Waals surface area contributed by atoms with E-state index < -0.39 is 0 Å². The van der Waals surface area contributed by atoms with Crippen molar-refractivity contribution in [3.05, 3.63) is 71.5 Å². The predicted molar refractivity (Wildman–Crippen MR) is 114 cm³/mol. The van der Waals surface area contributed by atoms with Gasteiger partial charge in [-0.25, -0.2) is 4.39 Å². The Labute approximate surface area is 177 Å². The molecule has 0 fully saturated rings. The maximum Gasteiger partial charge on any atom is 0.200 e. The van der Waals surface area contributed by atoms with Gasteiger partial charge in [0, 0.05) is 23.5 Å². The first-order valence-corrected chi connectivity index (χ1v) is 10.6. The number of para-hydroxylation sites is 1. The molecule has 0 N–H and O–H groups in total. The highest BCUT2D eigenvalue weighted by atomic mass is 32.2. The Morgan fingerprint density at radius 2 is 1.97 bits per heavy atom. The smallest absolute Gasteiger partial charge is 0.200 e. The third-order valence-corrected chi connectivity index (χ3v) is 5.90. The van der Waals surface area contributed by atoms with Crippen molar-refractivity contribution in [2.24, 2.45) is 0 Å². The van der Waals surface area contributed by atoms with E-state index in [4.69, 9.17) is 4.42 Å². The van der Waals surface area contributed by atoms with E-state index in [0.29, 0.717) is 34.5 Å². The van der Waals surface area contributed by atoms with Gasteiger partial charge in [0.2, 0.25) is 0 Å². The summed E-state index contributed by atoms with van der Waals surface area (Å²) in [5.74, 6) is 1.11. The molecular weight excluding hydrogens is 403 g/mol. The van der Waals surface area contributed by atoms with Gasteiger partial charge in [0.25, 0.3) is 0 Å². The molecular formula is C22H21FN4O2S. The van der Waals surface area contributed by atoms with E-state index in [1.54, 1.807) is 35.1 Å². The summed E-state index contributed by atoms with van der Waals surface area (Å²) < 4.78 is 23.4. The number of aryl methyl sites for hydroxylation is 1. The molecule has 154 valence electrons. The molecule has 0 radical (unpaired) electrons. The second kappa shape index (κ2) is 8.31. The van der Waals surface area contributed by atoms with Crippen molar-refractivity contribution in [3.63, 3.8) is 0 Å². The number of ketones is 1. The second-order valence-corrected chi connectivity index (χ2v) is 7.75. The fraction of sp³-hybridized carbons (Fsp3) is 0.227. The highest BCUT2D eigenvalue weighted by molar-refractivity contribution is 7.99. The first kappa shape index (κ1) is 20.2. The number of Topliss-reactive ketones (excluding diaryl/α,β-unsaturated/α-hetero) is 1. The van der Waals surface area contributed by atoms with E-state index in [1.165, 1.54) is 17.8 Å². The number of benzene rings is 1. The molecule has 0 amide bonds. The lowest BCUT2D eigenvalue weighted by Gasteiger charge is -2.10. The molecule has 3 aromatic heterocycles. The largest absolute Gasteiger partial charge is 0.461 e. The normalized spacial score (nSPS) is 11.2. The van der Waals surface area contributed by atoms with Gasteiger partial charge in [-0.2, -0.15) is 0 Å². The molecule has 3 heterocycles. The van der Waals surface area contributed by atoms with Crippen molar-refractivity contribution in [1.29, 1.82) is 0 Å². The number of furan rings is 1. The number of thioether (sulfide) groups is 1. The lowest BCUT2D eigenvalue weighted by Crippen LogP contribution is -2.07. The van der Waals surface area contributed by atoms with Gasteiger partial charge in [0.15, 0.2) is 22.5 Å². The molecule has 0 aliphatic heterocycles. The number of nitrogens with zero attached hydrogens (tertiary/aromatic N) is 4. The van der Waals surface area contributed by atoms with Crippen LogP contribution in [0.4, 0.5) is 4.39 Å². The van der Waals surface area contributed by atoms with Gasteiger partial charge in [0.1, 0.15) is 5.82 Å². The van der Waals surface area contributed by atoms with Gasteiger partial charge in [0.05, 0.1) is 17.7 Å². The van der Waals surface area contributed by atoms with Gasteiger partial charge in [-0.15, -0.1) is 10.2 Å². The Morgan fingerprint density at radius 3 is 2.67 bits per heavy atom. The summed E-state index contributed by atoms with van der Waals surface area (Å²) in [6.07, 6.45) is 1.59. The molecule has 0 spiro atoms. The number of rotatable bonds is 7. The minimum atomic E-state index is -0.325. The monoisotopic (exact) mass is 424 g/mol. The lowest BCUT2D eigenvalue weighted by atomic mass is 10.2. The average molecular weight is 425 g/mol. The second-order valence-electron chi connectivity index (χ2n) is 6.81. The number of carbonyl (C=O) groups excluding carboxylic acids is 1. The zero-order chi connectivity index (χ0) is 21.3. The highest BCUT2D eigenvalue weighted by Crippen LogP contribution is 2.27. The van der Waals surface area contributed by atoms with Gasteiger partial charge in [-0.1, -0.05) is 23.9 Å². The van der Waals surface area contributed by atoms with Crippen LogP contribution in [-0.2, 0) is 6.54 Å². The summed E-state index contributed by atoms with van der Waals surface area (Å²) in [5, 5.41) is 9.08. The van der Waals surface area contributed by atoms with Crippen LogP contribution in [-0.4, -0.2) is 30.9 Å². The fourth-order valence-corrected chi connectivity index (χ4v) is 4.41. The minimum absolute atomic E-state index is 0.0408. The Hall–Kier alpha value is -3.13. The van der Waals surface area contributed by atoms with Crippen molar-refractivity contribution in [2.75, 3.05) is 5.75 Å². The summed E-state index contributed by atoms with van der Waals surface area (Å²) in [5.41, 5.74) is 2.55. The fourth-order valence-electron chi connectivity index (χ4n) is 3.53. The Bertz CT molecular complexity index is 1190. The molecule has 0 bridgehead atoms. The van der Waals surface area contributed by atoms with Crippen LogP contribution >= 0.6 is 11.8 Å². The summed E-state index contributed by atoms with van der Waals surface area (Å²) in [6, 6.07) is 12.0. The molecule has 0 aliphatic rings. The molecule has 30 heavy (non-hydrogen) atoms. The van der Waals surface area contributed by atoms with Crippen LogP contribution in [0.3, 0.4) is 0 Å². The predicted octanol–water partition coefficient (Wildman–Crippen LogP) is 5.08. The van der Waals surface area contributed by atoms with Crippen LogP contribution in [0.1, 0.15) is 28.7 Å². The SMILES string of the molecule is CCn1c(SCC(=O)c2cc(C)n(-c3ccccc3F)c2C)nnc1-c1ccco1. The molecule has 0 unspecified atom stereocenters. The molecule has 1 aromatic carbocycles. The Morgan fingerprint density at radius 1 is 1.17 bits per heavy atom. The third kappa shape index (κ3) is 3.59. The third-order valence-electron chi connectivity index (χ3n) is 4.93. The van der Waals surface area contributed by atoms with Crippen LogP contribution in [0.5, 0.6) is 0 Å². The van der Waals surface area contributed by atoms with Crippen LogP contribution in [0.2, 0.25) is 0 Å². The lowest BCUT2D eigenvalue weighted by molar-refractivity contribution is 0.102. The molecule has 0 saturated heterocycles. The van der Waals surface area contributed by atoms with Crippen molar-refractivity contribution >= 4 is 17.5 Å². The molecule has 8 heteroatoms. The van der Waals surface area contributed by atoms with E-state index in [1.807, 2.05) is 37.5 Å². The molecule has 4 rings (SSSR count). The molecule has 0 aliphatic carbocycles. The first-order chi connectivity index (χ1) is 14.5. The van der Waals surface area contributed by atoms with Gasteiger partial charge in [-0.3, -0.25) is 9.36 Å². The van der Waals surface area contributed by atoms with E-state index in [2.05, 4.69) is 10.2 Å². The van der Waals surface area contributed by atoms with Gasteiger partial charge >= 0.3 is 0 Å². The summed E-state index contributed by atoms with van der Waals surface area (Å²) in [4.78, 5) is 13.0. The number of halogens is 1. The quantitative estimate of drug-likeness (QED) is 0.306. The minimum Gasteiger partial charge on any atom is -0.461 e. The van der Waals surface area contributed by atoms with E-state index in [9.17, 15) is 9.18 Å². The molecule has 6 nitrogen and oxygen atoms in total. The maximum atomic E-state index is 14.3. The topological polar surface area (TPSA) is 65.8 Å². The standard InChI is InChI=1S/C22H21FN4O2S/c1-4-26-21(20-10-7-11-29-20)24-25-22(26)30-13-19(28)16-12-14(2)27(15(16)3)18-9-6-5-8-17(18)23/h5-12H,4,13H2,1-3H3. The highest BCUT2D eigenvalue weighted by Gasteiger charge is 2.20. The summed E-state index contributed by atoms with van der Waals surface area (Å²) in [7, 11) is 0. The molecule has 0 atom stereocenters. The zero-order valence-electron chi connectivity index (χ0n) is 16.9.